The van der Waals surface area contributed by atoms with Crippen molar-refractivity contribution in [2.75, 3.05) is 18.7 Å². The molecule has 6 nitrogen and oxygen atoms in total. The van der Waals surface area contributed by atoms with E-state index in [2.05, 4.69) is 11.8 Å². The maximum atomic E-state index is 9.08. The third-order valence-corrected chi connectivity index (χ3v) is 2.17. The zero-order valence-electron chi connectivity index (χ0n) is 10.8. The third-order valence-electron chi connectivity index (χ3n) is 2.17. The van der Waals surface area contributed by atoms with Gasteiger partial charge in [-0.2, -0.15) is 0 Å². The monoisotopic (exact) mass is 294 g/mol. The Morgan fingerprint density at radius 2 is 1.95 bits per heavy atom. The van der Waals surface area contributed by atoms with Crippen LogP contribution in [0.5, 0.6) is 0 Å². The molecular formula is C13H14N2O4S. The van der Waals surface area contributed by atoms with Crippen LogP contribution in [0.2, 0.25) is 0 Å². The first-order valence-corrected chi connectivity index (χ1v) is 7.33. The number of nitrogens with zero attached hydrogens (tertiary/aromatic N) is 1. The molecule has 0 radical (unpaired) electrons. The number of pyridine rings is 1. The minimum Gasteiger partial charge on any atom is -0.748 e. The normalized spacial score (nSPS) is 10.2. The van der Waals surface area contributed by atoms with Gasteiger partial charge in [-0.25, -0.2) is 14.3 Å². The maximum Gasteiger partial charge on any atom is 0.293 e. The zero-order chi connectivity index (χ0) is 15.2. The van der Waals surface area contributed by atoms with Crippen LogP contribution in [0.3, 0.4) is 0 Å². The third kappa shape index (κ3) is 5.24. The number of rotatable bonds is 0. The summed E-state index contributed by atoms with van der Waals surface area (Å²) in [5.74, 6) is 11.2. The van der Waals surface area contributed by atoms with Crippen LogP contribution in [0.4, 0.5) is 0 Å². The number of aromatic nitrogens is 1. The van der Waals surface area contributed by atoms with Gasteiger partial charge in [0.1, 0.15) is 6.61 Å². The van der Waals surface area contributed by atoms with Crippen LogP contribution in [-0.4, -0.2) is 30.9 Å². The Morgan fingerprint density at radius 1 is 1.35 bits per heavy atom. The van der Waals surface area contributed by atoms with Gasteiger partial charge in [0.25, 0.3) is 5.69 Å². The van der Waals surface area contributed by atoms with Gasteiger partial charge >= 0.3 is 0 Å². The van der Waals surface area contributed by atoms with Crippen LogP contribution < -0.4 is 10.5 Å². The number of aliphatic hydroxyl groups is 1. The van der Waals surface area contributed by atoms with E-state index in [4.69, 9.17) is 23.9 Å². The van der Waals surface area contributed by atoms with Gasteiger partial charge in [-0.1, -0.05) is 28.8 Å². The Bertz CT molecular complexity index is 753. The summed E-state index contributed by atoms with van der Waals surface area (Å²) < 4.78 is 28.7. The summed E-state index contributed by atoms with van der Waals surface area (Å²) in [7, 11) is -3.92. The standard InChI is InChI=1S/C12H11N2O.CH4O3S/c13-14-8-7-10-4-1-2-5-11(10)12(14)6-3-9-15;1-5(2,3)4/h1-2,4-5,7-8,15H,9,13H2;1H3,(H,2,3,4)/q+1;/p-1. The first-order valence-electron chi connectivity index (χ1n) is 5.52. The summed E-state index contributed by atoms with van der Waals surface area (Å²) in [4.78, 5) is 0. The van der Waals surface area contributed by atoms with Gasteiger partial charge in [-0.15, -0.1) is 0 Å². The lowest BCUT2D eigenvalue weighted by atomic mass is 10.1. The quantitative estimate of drug-likeness (QED) is 0.290. The highest BCUT2D eigenvalue weighted by atomic mass is 32.2. The Balaban J connectivity index is 0.000000347. The second-order valence-electron chi connectivity index (χ2n) is 3.82. The van der Waals surface area contributed by atoms with E-state index >= 15 is 0 Å². The predicted molar refractivity (Wildman–Crippen MR) is 73.9 cm³/mol. The molecule has 0 saturated carbocycles. The number of benzene rings is 1. The number of aliphatic hydroxyl groups excluding tert-OH is 1. The van der Waals surface area contributed by atoms with Crippen LogP contribution in [0.1, 0.15) is 5.69 Å². The molecule has 0 spiro atoms. The largest absolute Gasteiger partial charge is 0.748 e. The SMILES string of the molecule is CS(=O)(=O)[O-].N[n+]1ccc2ccccc2c1C#CCO. The van der Waals surface area contributed by atoms with Crippen molar-refractivity contribution in [3.63, 3.8) is 0 Å². The predicted octanol–water partition coefficient (Wildman–Crippen LogP) is -0.654. The fraction of sp³-hybridized carbons (Fsp3) is 0.154. The maximum absolute atomic E-state index is 9.08. The lowest BCUT2D eigenvalue weighted by molar-refractivity contribution is -0.640. The van der Waals surface area contributed by atoms with Crippen LogP contribution in [0.15, 0.2) is 36.5 Å². The molecule has 0 aliphatic heterocycles. The van der Waals surface area contributed by atoms with Gasteiger partial charge in [0.05, 0.1) is 15.5 Å². The molecule has 20 heavy (non-hydrogen) atoms. The van der Waals surface area contributed by atoms with Gasteiger partial charge in [-0.05, 0) is 11.5 Å². The second kappa shape index (κ2) is 6.86. The molecule has 2 rings (SSSR count). The fourth-order valence-electron chi connectivity index (χ4n) is 1.49. The molecule has 7 heteroatoms. The molecule has 2 aromatic rings. The Hall–Kier alpha value is -2.14. The summed E-state index contributed by atoms with van der Waals surface area (Å²) in [5.41, 5.74) is 0.710. The van der Waals surface area contributed by atoms with E-state index in [1.165, 1.54) is 4.68 Å². The van der Waals surface area contributed by atoms with E-state index in [1.54, 1.807) is 6.20 Å². The van der Waals surface area contributed by atoms with Gasteiger partial charge in [-0.3, -0.25) is 0 Å². The number of nitrogens with two attached hydrogens (primary N) is 1. The first-order chi connectivity index (χ1) is 9.33. The molecule has 1 aromatic heterocycles. The number of hydrogen-bond donors (Lipinski definition) is 2. The van der Waals surface area contributed by atoms with Gasteiger partial charge < -0.3 is 9.66 Å². The van der Waals surface area contributed by atoms with Gasteiger partial charge in [0.2, 0.25) is 6.20 Å². The molecule has 3 N–H and O–H groups in total. The van der Waals surface area contributed by atoms with Crippen molar-refractivity contribution < 1.29 is 22.8 Å². The Labute approximate surface area is 117 Å². The van der Waals surface area contributed by atoms with E-state index in [0.717, 1.165) is 10.8 Å². The molecule has 1 aromatic carbocycles. The summed E-state index contributed by atoms with van der Waals surface area (Å²) >= 11 is 0. The molecule has 0 amide bonds. The van der Waals surface area contributed by atoms with E-state index in [-0.39, 0.29) is 6.61 Å². The Morgan fingerprint density at radius 3 is 2.55 bits per heavy atom. The molecule has 0 aliphatic carbocycles. The van der Waals surface area contributed by atoms with Crippen LogP contribution in [0.25, 0.3) is 10.8 Å². The van der Waals surface area contributed by atoms with Crippen molar-refractivity contribution in [1.82, 2.24) is 0 Å². The van der Waals surface area contributed by atoms with Gasteiger partial charge in [0, 0.05) is 18.2 Å². The van der Waals surface area contributed by atoms with Crippen molar-refractivity contribution in [2.45, 2.75) is 0 Å². The average molecular weight is 294 g/mol. The minimum atomic E-state index is -3.92. The molecule has 0 aliphatic rings. The van der Waals surface area contributed by atoms with Gasteiger partial charge in [0.15, 0.2) is 0 Å². The highest BCUT2D eigenvalue weighted by Gasteiger charge is 2.09. The van der Waals surface area contributed by atoms with E-state index in [9.17, 15) is 0 Å². The fourth-order valence-corrected chi connectivity index (χ4v) is 1.49. The van der Waals surface area contributed by atoms with E-state index < -0.39 is 10.1 Å². The topological polar surface area (TPSA) is 107 Å². The summed E-state index contributed by atoms with van der Waals surface area (Å²) in [6.45, 7) is -0.163. The molecule has 0 bridgehead atoms. The van der Waals surface area contributed by atoms with E-state index in [1.807, 2.05) is 30.3 Å². The number of fused-ring (bicyclic) bond motifs is 1. The molecule has 0 saturated heterocycles. The van der Waals surface area contributed by atoms with Crippen molar-refractivity contribution in [1.29, 1.82) is 0 Å². The summed E-state index contributed by atoms with van der Waals surface area (Å²) in [6.07, 6.45) is 2.36. The molecule has 0 fully saturated rings. The Kier molecular flexibility index (Phi) is 5.46. The molecular weight excluding hydrogens is 280 g/mol. The first kappa shape index (κ1) is 15.9. The average Bonchev–Trinajstić information content (AvgIpc) is 2.36. The molecule has 0 atom stereocenters. The van der Waals surface area contributed by atoms with Crippen LogP contribution in [0, 0.1) is 11.8 Å². The highest BCUT2D eigenvalue weighted by Crippen LogP contribution is 2.13. The minimum absolute atomic E-state index is 0.163. The number of hydrogen-bond acceptors (Lipinski definition) is 5. The summed E-state index contributed by atoms with van der Waals surface area (Å²) in [6, 6.07) is 9.79. The lowest BCUT2D eigenvalue weighted by Gasteiger charge is -1.97. The zero-order valence-corrected chi connectivity index (χ0v) is 11.6. The lowest BCUT2D eigenvalue weighted by Crippen LogP contribution is -2.47. The van der Waals surface area contributed by atoms with E-state index in [0.29, 0.717) is 11.9 Å². The van der Waals surface area contributed by atoms with Crippen molar-refractivity contribution >= 4 is 20.9 Å². The highest BCUT2D eigenvalue weighted by molar-refractivity contribution is 7.84. The molecule has 1 heterocycles. The van der Waals surface area contributed by atoms with Crippen molar-refractivity contribution in [2.24, 2.45) is 0 Å². The number of nitrogen functional groups attached to an aromatic ring is 1. The summed E-state index contributed by atoms with van der Waals surface area (Å²) in [5, 5.41) is 10.7. The molecule has 106 valence electrons. The van der Waals surface area contributed by atoms with Crippen molar-refractivity contribution in [3.8, 4) is 11.8 Å². The van der Waals surface area contributed by atoms with Crippen LogP contribution in [-0.2, 0) is 10.1 Å². The van der Waals surface area contributed by atoms with Crippen molar-refractivity contribution in [3.05, 3.63) is 42.2 Å². The smallest absolute Gasteiger partial charge is 0.293 e. The van der Waals surface area contributed by atoms with Crippen LogP contribution >= 0.6 is 0 Å². The molecule has 0 unspecified atom stereocenters. The second-order valence-corrected chi connectivity index (χ2v) is 5.23.